The Bertz CT molecular complexity index is 1450. The molecule has 3 aromatic rings. The molecule has 2 unspecified atom stereocenters. The highest BCUT2D eigenvalue weighted by atomic mass is 32.2. The molecule has 0 spiro atoms. The maximum Gasteiger partial charge on any atom is 0.327 e. The zero-order valence-electron chi connectivity index (χ0n) is 21.6. The van der Waals surface area contributed by atoms with Crippen LogP contribution < -0.4 is 25.6 Å². The van der Waals surface area contributed by atoms with Crippen LogP contribution in [0.5, 0.6) is 11.5 Å². The summed E-state index contributed by atoms with van der Waals surface area (Å²) in [7, 11) is 0. The first-order valence-corrected chi connectivity index (χ1v) is 13.9. The first-order valence-electron chi connectivity index (χ1n) is 13.0. The van der Waals surface area contributed by atoms with Gasteiger partial charge in [-0.15, -0.1) is 0 Å². The fraction of sp³-hybridized carbons (Fsp3) is 0.310. The van der Waals surface area contributed by atoms with E-state index in [9.17, 15) is 14.4 Å². The molecule has 1 saturated carbocycles. The molecule has 3 aliphatic rings. The van der Waals surface area contributed by atoms with E-state index < -0.39 is 11.3 Å². The maximum atomic E-state index is 13.5. The summed E-state index contributed by atoms with van der Waals surface area (Å²) in [5, 5.41) is 9.37. The molecule has 1 aromatic heterocycles. The lowest BCUT2D eigenvalue weighted by Crippen LogP contribution is -2.50. The molecule has 200 valence electrons. The van der Waals surface area contributed by atoms with E-state index in [4.69, 9.17) is 4.74 Å². The highest BCUT2D eigenvalue weighted by molar-refractivity contribution is 8.01. The van der Waals surface area contributed by atoms with Crippen molar-refractivity contribution in [3.05, 3.63) is 71.9 Å². The van der Waals surface area contributed by atoms with Gasteiger partial charge in [0.15, 0.2) is 0 Å². The van der Waals surface area contributed by atoms with Crippen LogP contribution in [0.4, 0.5) is 16.2 Å². The van der Waals surface area contributed by atoms with Gasteiger partial charge < -0.3 is 20.7 Å². The van der Waals surface area contributed by atoms with E-state index in [2.05, 4.69) is 20.9 Å². The van der Waals surface area contributed by atoms with Gasteiger partial charge in [-0.3, -0.25) is 14.5 Å². The number of rotatable bonds is 6. The van der Waals surface area contributed by atoms with Crippen LogP contribution in [0.2, 0.25) is 0 Å². The SMILES string of the molecule is CC(=O)N[C@@H]1CC[C@@H](NC(=O)C2Sc3nccc4c3C2NC(=O)N4c2ccc(Oc3ccccc3)cc2C)C1. The summed E-state index contributed by atoms with van der Waals surface area (Å²) in [6.45, 7) is 3.45. The molecule has 0 radical (unpaired) electrons. The molecule has 4 amide bonds. The second kappa shape index (κ2) is 10.3. The lowest BCUT2D eigenvalue weighted by Gasteiger charge is -2.35. The Morgan fingerprint density at radius 2 is 1.79 bits per heavy atom. The molecule has 1 aliphatic carbocycles. The van der Waals surface area contributed by atoms with Gasteiger partial charge in [0, 0.05) is 30.8 Å². The monoisotopic (exact) mass is 543 g/mol. The van der Waals surface area contributed by atoms with E-state index in [-0.39, 0.29) is 29.9 Å². The number of anilines is 2. The van der Waals surface area contributed by atoms with Crippen LogP contribution >= 0.6 is 11.8 Å². The largest absolute Gasteiger partial charge is 0.457 e. The number of amides is 4. The van der Waals surface area contributed by atoms with Gasteiger partial charge in [0.05, 0.1) is 17.4 Å². The average Bonchev–Trinajstić information content (AvgIpc) is 3.50. The highest BCUT2D eigenvalue weighted by Crippen LogP contribution is 2.51. The Hall–Kier alpha value is -4.05. The number of aryl methyl sites for hydroxylation is 1. The Labute approximate surface area is 230 Å². The van der Waals surface area contributed by atoms with Crippen LogP contribution in [-0.4, -0.2) is 40.2 Å². The van der Waals surface area contributed by atoms with Gasteiger partial charge >= 0.3 is 6.03 Å². The molecule has 10 heteroatoms. The minimum atomic E-state index is -0.526. The smallest absolute Gasteiger partial charge is 0.327 e. The van der Waals surface area contributed by atoms with E-state index in [1.807, 2.05) is 61.5 Å². The molecule has 39 heavy (non-hydrogen) atoms. The zero-order valence-corrected chi connectivity index (χ0v) is 22.5. The highest BCUT2D eigenvalue weighted by Gasteiger charge is 2.47. The number of hydrogen-bond donors (Lipinski definition) is 3. The van der Waals surface area contributed by atoms with Crippen molar-refractivity contribution in [2.75, 3.05) is 4.90 Å². The third-order valence-corrected chi connectivity index (χ3v) is 8.63. The molecular weight excluding hydrogens is 514 g/mol. The second-order valence-corrected chi connectivity index (χ2v) is 11.3. The summed E-state index contributed by atoms with van der Waals surface area (Å²) in [6, 6.07) is 16.3. The molecule has 1 fully saturated rings. The van der Waals surface area contributed by atoms with Crippen molar-refractivity contribution in [1.82, 2.24) is 20.9 Å². The number of carbonyl (C=O) groups is 3. The van der Waals surface area contributed by atoms with E-state index in [0.717, 1.165) is 46.1 Å². The Kier molecular flexibility index (Phi) is 6.64. The van der Waals surface area contributed by atoms with E-state index >= 15 is 0 Å². The fourth-order valence-corrected chi connectivity index (χ4v) is 6.88. The third-order valence-electron chi connectivity index (χ3n) is 7.34. The van der Waals surface area contributed by atoms with Crippen molar-refractivity contribution in [3.63, 3.8) is 0 Å². The number of urea groups is 1. The lowest BCUT2D eigenvalue weighted by atomic mass is 9.99. The number of carbonyl (C=O) groups excluding carboxylic acids is 3. The molecule has 0 saturated heterocycles. The topological polar surface area (TPSA) is 113 Å². The van der Waals surface area contributed by atoms with Crippen molar-refractivity contribution < 1.29 is 19.1 Å². The Morgan fingerprint density at radius 3 is 2.54 bits per heavy atom. The third kappa shape index (κ3) is 4.92. The molecule has 3 N–H and O–H groups in total. The van der Waals surface area contributed by atoms with E-state index in [0.29, 0.717) is 12.2 Å². The molecule has 9 nitrogen and oxygen atoms in total. The lowest BCUT2D eigenvalue weighted by molar-refractivity contribution is -0.121. The molecule has 2 aliphatic heterocycles. The number of para-hydroxylation sites is 1. The van der Waals surface area contributed by atoms with Crippen molar-refractivity contribution in [2.24, 2.45) is 0 Å². The van der Waals surface area contributed by atoms with Crippen LogP contribution in [0.25, 0.3) is 0 Å². The van der Waals surface area contributed by atoms with Gasteiger partial charge in [0.25, 0.3) is 0 Å². The first kappa shape index (κ1) is 25.2. The summed E-state index contributed by atoms with van der Waals surface area (Å²) in [4.78, 5) is 44.5. The van der Waals surface area contributed by atoms with Crippen molar-refractivity contribution in [1.29, 1.82) is 0 Å². The minimum Gasteiger partial charge on any atom is -0.457 e. The fourth-order valence-electron chi connectivity index (χ4n) is 5.65. The van der Waals surface area contributed by atoms with Gasteiger partial charge in [0.1, 0.15) is 21.8 Å². The quantitative estimate of drug-likeness (QED) is 0.414. The van der Waals surface area contributed by atoms with Crippen molar-refractivity contribution in [3.8, 4) is 11.5 Å². The Morgan fingerprint density at radius 1 is 1.03 bits per heavy atom. The number of nitrogens with one attached hydrogen (secondary N) is 3. The summed E-state index contributed by atoms with van der Waals surface area (Å²) >= 11 is 1.38. The summed E-state index contributed by atoms with van der Waals surface area (Å²) in [6.07, 6.45) is 4.02. The Balaban J connectivity index is 1.22. The minimum absolute atomic E-state index is 0.0128. The van der Waals surface area contributed by atoms with Crippen molar-refractivity contribution in [2.45, 2.75) is 61.5 Å². The van der Waals surface area contributed by atoms with E-state index in [1.165, 1.54) is 18.7 Å². The van der Waals surface area contributed by atoms with Gasteiger partial charge in [-0.05, 0) is 68.1 Å². The molecule has 3 heterocycles. The maximum absolute atomic E-state index is 13.5. The first-order chi connectivity index (χ1) is 18.9. The van der Waals surface area contributed by atoms with Crippen LogP contribution in [0.1, 0.15) is 43.4 Å². The van der Waals surface area contributed by atoms with Gasteiger partial charge in [-0.1, -0.05) is 30.0 Å². The van der Waals surface area contributed by atoms with Crippen LogP contribution in [0.15, 0.2) is 65.8 Å². The number of benzene rings is 2. The summed E-state index contributed by atoms with van der Waals surface area (Å²) < 4.78 is 5.97. The van der Waals surface area contributed by atoms with Gasteiger partial charge in [-0.25, -0.2) is 9.78 Å². The van der Waals surface area contributed by atoms with Gasteiger partial charge in [0.2, 0.25) is 11.8 Å². The van der Waals surface area contributed by atoms with Crippen LogP contribution in [0.3, 0.4) is 0 Å². The second-order valence-electron chi connectivity index (χ2n) is 10.1. The van der Waals surface area contributed by atoms with Crippen molar-refractivity contribution >= 4 is 41.0 Å². The molecule has 0 bridgehead atoms. The predicted octanol–water partition coefficient (Wildman–Crippen LogP) is 4.73. The van der Waals surface area contributed by atoms with E-state index in [1.54, 1.807) is 11.1 Å². The molecular formula is C29H29N5O4S. The number of aromatic nitrogens is 1. The van der Waals surface area contributed by atoms with Gasteiger partial charge in [-0.2, -0.15) is 0 Å². The number of thioether (sulfide) groups is 1. The molecule has 2 aromatic carbocycles. The summed E-state index contributed by atoms with van der Waals surface area (Å²) in [5.41, 5.74) is 3.18. The number of ether oxygens (including phenoxy) is 1. The molecule has 6 rings (SSSR count). The predicted molar refractivity (Wildman–Crippen MR) is 148 cm³/mol. The summed E-state index contributed by atoms with van der Waals surface area (Å²) in [5.74, 6) is 1.22. The normalized spacial score (nSPS) is 23.1. The number of nitrogens with zero attached hydrogens (tertiary/aromatic N) is 2. The van der Waals surface area contributed by atoms with Crippen LogP contribution in [-0.2, 0) is 9.59 Å². The molecule has 4 atom stereocenters. The van der Waals surface area contributed by atoms with Crippen LogP contribution in [0, 0.1) is 6.92 Å². The standard InChI is InChI=1S/C29H29N5O4S/c1-16-14-21(38-20-6-4-3-5-7-20)10-11-22(16)34-23-12-13-30-28-24(23)25(33-29(34)37)26(39-28)27(36)32-19-9-8-18(15-19)31-17(2)35/h3-7,10-14,18-19,25-26H,8-9,15H2,1-2H3,(H,31,35)(H,32,36)(H,33,37)/t18-,19-,25?,26?/m1/s1. The number of hydrogen-bond acceptors (Lipinski definition) is 6. The number of pyridine rings is 1. The average molecular weight is 544 g/mol. The zero-order chi connectivity index (χ0) is 27.1.